The minimum Gasteiger partial charge on any atom is -0.296 e. The van der Waals surface area contributed by atoms with E-state index < -0.39 is 20.2 Å². The van der Waals surface area contributed by atoms with Gasteiger partial charge in [-0.3, -0.25) is 9.59 Å². The molecular formula is C6H4Cl4O2. The first kappa shape index (κ1) is 10.6. The standard InChI is InChI=1S/C6H4Cl4O2/c7-5(8)3(11)1-2-4(12)6(5,9)10/h1-2H2. The van der Waals surface area contributed by atoms with Gasteiger partial charge in [0.1, 0.15) is 0 Å². The van der Waals surface area contributed by atoms with E-state index in [1.807, 2.05) is 0 Å². The molecule has 1 fully saturated rings. The Balaban J connectivity index is 3.09. The van der Waals surface area contributed by atoms with Gasteiger partial charge in [-0.25, -0.2) is 0 Å². The van der Waals surface area contributed by atoms with E-state index >= 15 is 0 Å². The summed E-state index contributed by atoms with van der Waals surface area (Å²) in [7, 11) is 0. The Morgan fingerprint density at radius 3 is 1.33 bits per heavy atom. The number of ketones is 2. The number of carbonyl (C=O) groups is 2. The maximum absolute atomic E-state index is 11.1. The minimum atomic E-state index is -2.01. The molecule has 0 aliphatic heterocycles. The van der Waals surface area contributed by atoms with E-state index in [-0.39, 0.29) is 12.8 Å². The number of carbonyl (C=O) groups excluding carboxylic acids is 2. The average molecular weight is 250 g/mol. The van der Waals surface area contributed by atoms with Crippen LogP contribution in [0.15, 0.2) is 0 Å². The summed E-state index contributed by atoms with van der Waals surface area (Å²) in [6.07, 6.45) is -0.0138. The lowest BCUT2D eigenvalue weighted by Gasteiger charge is -2.33. The van der Waals surface area contributed by atoms with Gasteiger partial charge < -0.3 is 0 Å². The van der Waals surface area contributed by atoms with E-state index in [4.69, 9.17) is 46.4 Å². The summed E-state index contributed by atoms with van der Waals surface area (Å²) in [5, 5.41) is 0. The molecule has 0 unspecified atom stereocenters. The van der Waals surface area contributed by atoms with E-state index in [1.54, 1.807) is 0 Å². The molecule has 68 valence electrons. The first-order valence-corrected chi connectivity index (χ1v) is 4.63. The number of halogens is 4. The first-order chi connectivity index (χ1) is 5.30. The van der Waals surface area contributed by atoms with E-state index in [0.29, 0.717) is 0 Å². The maximum atomic E-state index is 11.1. The molecule has 0 spiro atoms. The number of rotatable bonds is 0. The van der Waals surface area contributed by atoms with Crippen molar-refractivity contribution in [3.8, 4) is 0 Å². The Morgan fingerprint density at radius 1 is 0.833 bits per heavy atom. The van der Waals surface area contributed by atoms with Crippen molar-refractivity contribution in [2.75, 3.05) is 0 Å². The van der Waals surface area contributed by atoms with Crippen LogP contribution < -0.4 is 0 Å². The number of alkyl halides is 4. The molecule has 0 saturated heterocycles. The van der Waals surface area contributed by atoms with E-state index in [2.05, 4.69) is 0 Å². The fourth-order valence-corrected chi connectivity index (χ4v) is 1.69. The van der Waals surface area contributed by atoms with Crippen LogP contribution in [0.4, 0.5) is 0 Å². The molecule has 0 amide bonds. The average Bonchev–Trinajstić information content (AvgIpc) is 1.96. The predicted octanol–water partition coefficient (Wildman–Crippen LogP) is 2.27. The van der Waals surface area contributed by atoms with Crippen molar-refractivity contribution >= 4 is 58.0 Å². The molecule has 0 heterocycles. The Hall–Kier alpha value is 0.500. The third-order valence-corrected chi connectivity index (χ3v) is 4.04. The summed E-state index contributed by atoms with van der Waals surface area (Å²) in [6.45, 7) is 0. The van der Waals surface area contributed by atoms with Gasteiger partial charge in [0.15, 0.2) is 11.6 Å². The number of Topliss-reactive ketones (excluding diaryl/α,β-unsaturated/α-hetero) is 2. The largest absolute Gasteiger partial charge is 0.296 e. The Kier molecular flexibility index (Phi) is 2.66. The molecule has 0 bridgehead atoms. The van der Waals surface area contributed by atoms with Gasteiger partial charge in [0, 0.05) is 12.8 Å². The van der Waals surface area contributed by atoms with Crippen LogP contribution >= 0.6 is 46.4 Å². The molecule has 2 nitrogen and oxygen atoms in total. The van der Waals surface area contributed by atoms with Crippen molar-refractivity contribution in [1.82, 2.24) is 0 Å². The van der Waals surface area contributed by atoms with Crippen LogP contribution in [0.2, 0.25) is 0 Å². The van der Waals surface area contributed by atoms with Crippen molar-refractivity contribution in [3.63, 3.8) is 0 Å². The first-order valence-electron chi connectivity index (χ1n) is 3.12. The highest BCUT2D eigenvalue weighted by atomic mass is 35.5. The van der Waals surface area contributed by atoms with Crippen molar-refractivity contribution < 1.29 is 9.59 Å². The van der Waals surface area contributed by atoms with Crippen molar-refractivity contribution in [1.29, 1.82) is 0 Å². The van der Waals surface area contributed by atoms with Crippen LogP contribution in [0.1, 0.15) is 12.8 Å². The fourth-order valence-electron chi connectivity index (χ4n) is 0.891. The van der Waals surface area contributed by atoms with Crippen LogP contribution in [0.3, 0.4) is 0 Å². The zero-order chi connectivity index (χ0) is 9.57. The zero-order valence-electron chi connectivity index (χ0n) is 5.74. The Labute approximate surface area is 89.1 Å². The molecule has 1 saturated carbocycles. The molecule has 0 N–H and O–H groups in total. The lowest BCUT2D eigenvalue weighted by Crippen LogP contribution is -2.52. The van der Waals surface area contributed by atoms with Gasteiger partial charge in [0.05, 0.1) is 0 Å². The number of hydrogen-bond acceptors (Lipinski definition) is 2. The molecule has 0 atom stereocenters. The fraction of sp³-hybridized carbons (Fsp3) is 0.667. The third-order valence-electron chi connectivity index (χ3n) is 1.67. The number of hydrogen-bond donors (Lipinski definition) is 0. The molecule has 12 heavy (non-hydrogen) atoms. The van der Waals surface area contributed by atoms with Crippen LogP contribution in [-0.2, 0) is 9.59 Å². The second-order valence-electron chi connectivity index (χ2n) is 2.50. The zero-order valence-corrected chi connectivity index (χ0v) is 8.77. The van der Waals surface area contributed by atoms with E-state index in [0.717, 1.165) is 0 Å². The quantitative estimate of drug-likeness (QED) is 0.618. The lowest BCUT2D eigenvalue weighted by atomic mass is 9.96. The lowest BCUT2D eigenvalue weighted by molar-refractivity contribution is -0.130. The van der Waals surface area contributed by atoms with Gasteiger partial charge in [-0.05, 0) is 0 Å². The van der Waals surface area contributed by atoms with Gasteiger partial charge in [0.25, 0.3) is 0 Å². The van der Waals surface area contributed by atoms with Gasteiger partial charge in [-0.15, -0.1) is 0 Å². The molecule has 1 aliphatic rings. The van der Waals surface area contributed by atoms with Gasteiger partial charge in [-0.2, -0.15) is 0 Å². The van der Waals surface area contributed by atoms with Crippen LogP contribution in [0.5, 0.6) is 0 Å². The summed E-state index contributed by atoms with van der Waals surface area (Å²) in [5.74, 6) is -1.04. The predicted molar refractivity (Wildman–Crippen MR) is 48.1 cm³/mol. The third kappa shape index (κ3) is 1.35. The maximum Gasteiger partial charge on any atom is 0.215 e. The van der Waals surface area contributed by atoms with E-state index in [1.165, 1.54) is 0 Å². The molecular weight excluding hydrogens is 246 g/mol. The SMILES string of the molecule is O=C1CCC(=O)C(Cl)(Cl)C1(Cl)Cl. The smallest absolute Gasteiger partial charge is 0.215 e. The highest BCUT2D eigenvalue weighted by molar-refractivity contribution is 6.74. The second-order valence-corrected chi connectivity index (χ2v) is 5.15. The molecule has 6 heteroatoms. The van der Waals surface area contributed by atoms with Gasteiger partial charge in [-0.1, -0.05) is 46.4 Å². The second kappa shape index (κ2) is 3.02. The Morgan fingerprint density at radius 2 is 1.08 bits per heavy atom. The summed E-state index contributed by atoms with van der Waals surface area (Å²) in [5.41, 5.74) is 0. The van der Waals surface area contributed by atoms with Gasteiger partial charge in [0.2, 0.25) is 8.67 Å². The van der Waals surface area contributed by atoms with Crippen molar-refractivity contribution in [2.24, 2.45) is 0 Å². The normalized spacial score (nSPS) is 27.3. The molecule has 0 aromatic rings. The van der Waals surface area contributed by atoms with Gasteiger partial charge >= 0.3 is 0 Å². The monoisotopic (exact) mass is 248 g/mol. The summed E-state index contributed by atoms with van der Waals surface area (Å²) >= 11 is 22.2. The summed E-state index contributed by atoms with van der Waals surface area (Å²) in [6, 6.07) is 0. The van der Waals surface area contributed by atoms with Crippen LogP contribution in [0, 0.1) is 0 Å². The highest BCUT2D eigenvalue weighted by Gasteiger charge is 2.59. The van der Waals surface area contributed by atoms with Crippen molar-refractivity contribution in [3.05, 3.63) is 0 Å². The minimum absolute atomic E-state index is 0.00692. The van der Waals surface area contributed by atoms with Crippen LogP contribution in [-0.4, -0.2) is 20.2 Å². The summed E-state index contributed by atoms with van der Waals surface area (Å²) < 4.78 is -4.02. The summed E-state index contributed by atoms with van der Waals surface area (Å²) in [4.78, 5) is 22.2. The van der Waals surface area contributed by atoms with Crippen LogP contribution in [0.25, 0.3) is 0 Å². The topological polar surface area (TPSA) is 34.1 Å². The van der Waals surface area contributed by atoms with E-state index in [9.17, 15) is 9.59 Å². The highest BCUT2D eigenvalue weighted by Crippen LogP contribution is 2.48. The molecule has 0 aromatic carbocycles. The molecule has 0 aromatic heterocycles. The molecule has 1 aliphatic carbocycles. The molecule has 1 rings (SSSR count). The Bertz CT molecular complexity index is 220. The van der Waals surface area contributed by atoms with Crippen molar-refractivity contribution in [2.45, 2.75) is 21.5 Å². The molecule has 0 radical (unpaired) electrons.